The van der Waals surface area contributed by atoms with Crippen LogP contribution >= 0.6 is 0 Å². The minimum absolute atomic E-state index is 0.113. The Hall–Kier alpha value is -1.02. The van der Waals surface area contributed by atoms with Crippen LogP contribution in [0.5, 0.6) is 5.75 Å². The van der Waals surface area contributed by atoms with Crippen molar-refractivity contribution in [2.24, 2.45) is 17.8 Å². The van der Waals surface area contributed by atoms with Gasteiger partial charge in [-0.2, -0.15) is 0 Å². The third-order valence-electron chi connectivity index (χ3n) is 5.31. The van der Waals surface area contributed by atoms with Gasteiger partial charge in [0, 0.05) is 11.5 Å². The van der Waals surface area contributed by atoms with Crippen LogP contribution in [0.15, 0.2) is 24.3 Å². The first kappa shape index (κ1) is 13.9. The minimum atomic E-state index is -0.113. The van der Waals surface area contributed by atoms with Gasteiger partial charge in [0.2, 0.25) is 0 Å². The van der Waals surface area contributed by atoms with Gasteiger partial charge < -0.3 is 9.84 Å². The number of fused-ring (bicyclic) bond motifs is 1. The molecule has 1 heterocycles. The lowest BCUT2D eigenvalue weighted by molar-refractivity contribution is 0.0292. The first-order chi connectivity index (χ1) is 9.65. The van der Waals surface area contributed by atoms with Crippen LogP contribution in [-0.4, -0.2) is 17.8 Å². The van der Waals surface area contributed by atoms with Gasteiger partial charge in [0.1, 0.15) is 5.75 Å². The highest BCUT2D eigenvalue weighted by atomic mass is 16.5. The molecule has 1 N–H and O–H groups in total. The molecular formula is C18H26O2. The highest BCUT2D eigenvalue weighted by molar-refractivity contribution is 5.39. The maximum absolute atomic E-state index is 10.3. The van der Waals surface area contributed by atoms with Gasteiger partial charge in [-0.1, -0.05) is 32.0 Å². The topological polar surface area (TPSA) is 29.5 Å². The quantitative estimate of drug-likeness (QED) is 0.903. The summed E-state index contributed by atoms with van der Waals surface area (Å²) in [6, 6.07) is 8.37. The molecule has 2 nitrogen and oxygen atoms in total. The Morgan fingerprint density at radius 2 is 2.05 bits per heavy atom. The van der Waals surface area contributed by atoms with E-state index in [4.69, 9.17) is 4.74 Å². The molecule has 0 radical (unpaired) electrons. The fraction of sp³-hybridized carbons (Fsp3) is 0.667. The molecule has 1 saturated carbocycles. The van der Waals surface area contributed by atoms with E-state index in [1.807, 2.05) is 6.07 Å². The van der Waals surface area contributed by atoms with Crippen LogP contribution in [0.3, 0.4) is 0 Å². The molecule has 110 valence electrons. The molecule has 1 aliphatic carbocycles. The van der Waals surface area contributed by atoms with Crippen molar-refractivity contribution < 1.29 is 9.84 Å². The van der Waals surface area contributed by atoms with Crippen LogP contribution in [0.4, 0.5) is 0 Å². The van der Waals surface area contributed by atoms with Crippen LogP contribution in [0.2, 0.25) is 0 Å². The summed E-state index contributed by atoms with van der Waals surface area (Å²) >= 11 is 0. The Labute approximate surface area is 122 Å². The van der Waals surface area contributed by atoms with Gasteiger partial charge in [-0.25, -0.2) is 0 Å². The van der Waals surface area contributed by atoms with Gasteiger partial charge in [0.25, 0.3) is 0 Å². The maximum Gasteiger partial charge on any atom is 0.122 e. The molecule has 3 rings (SSSR count). The standard InChI is InChI=1S/C18H26O2/c1-12(2)13-7-8-17(19)14(9-13)10-15-11-20-18-6-4-3-5-16(15)18/h3-6,12-15,17,19H,7-11H2,1-2H3. The van der Waals surface area contributed by atoms with Crippen molar-refractivity contribution in [3.05, 3.63) is 29.8 Å². The van der Waals surface area contributed by atoms with Crippen LogP contribution in [0.25, 0.3) is 0 Å². The van der Waals surface area contributed by atoms with E-state index >= 15 is 0 Å². The SMILES string of the molecule is CC(C)C1CCC(O)C(CC2COc3ccccc32)C1. The summed E-state index contributed by atoms with van der Waals surface area (Å²) < 4.78 is 5.78. The average Bonchev–Trinajstić information content (AvgIpc) is 2.84. The third-order valence-corrected chi connectivity index (χ3v) is 5.31. The zero-order valence-corrected chi connectivity index (χ0v) is 12.6. The normalized spacial score (nSPS) is 33.0. The highest BCUT2D eigenvalue weighted by Gasteiger charge is 2.34. The van der Waals surface area contributed by atoms with Crippen LogP contribution in [-0.2, 0) is 0 Å². The number of aliphatic hydroxyl groups is 1. The minimum Gasteiger partial charge on any atom is -0.493 e. The zero-order chi connectivity index (χ0) is 14.1. The Balaban J connectivity index is 1.68. The summed E-state index contributed by atoms with van der Waals surface area (Å²) in [6.07, 6.45) is 4.30. The van der Waals surface area contributed by atoms with Gasteiger partial charge in [-0.3, -0.25) is 0 Å². The predicted octanol–water partition coefficient (Wildman–Crippen LogP) is 3.99. The summed E-state index contributed by atoms with van der Waals surface area (Å²) in [5.41, 5.74) is 1.34. The number of benzene rings is 1. The van der Waals surface area contributed by atoms with Crippen LogP contribution < -0.4 is 4.74 Å². The van der Waals surface area contributed by atoms with Crippen molar-refractivity contribution >= 4 is 0 Å². The molecule has 1 aromatic carbocycles. The summed E-state index contributed by atoms with van der Waals surface area (Å²) in [5, 5.41) is 10.3. The van der Waals surface area contributed by atoms with Gasteiger partial charge in [-0.15, -0.1) is 0 Å². The fourth-order valence-electron chi connectivity index (χ4n) is 3.93. The van der Waals surface area contributed by atoms with E-state index < -0.39 is 0 Å². The van der Waals surface area contributed by atoms with E-state index in [-0.39, 0.29) is 6.10 Å². The second-order valence-corrected chi connectivity index (χ2v) is 6.93. The molecule has 0 bridgehead atoms. The molecule has 1 aliphatic heterocycles. The monoisotopic (exact) mass is 274 g/mol. The van der Waals surface area contributed by atoms with Gasteiger partial charge in [0.05, 0.1) is 12.7 Å². The van der Waals surface area contributed by atoms with E-state index in [1.165, 1.54) is 18.4 Å². The van der Waals surface area contributed by atoms with E-state index in [2.05, 4.69) is 32.0 Å². The van der Waals surface area contributed by atoms with E-state index in [0.717, 1.165) is 37.0 Å². The van der Waals surface area contributed by atoms with Gasteiger partial charge >= 0.3 is 0 Å². The molecule has 1 aromatic rings. The van der Waals surface area contributed by atoms with Crippen molar-refractivity contribution in [3.63, 3.8) is 0 Å². The molecule has 2 aliphatic rings. The van der Waals surface area contributed by atoms with Crippen molar-refractivity contribution in [1.82, 2.24) is 0 Å². The van der Waals surface area contributed by atoms with Crippen molar-refractivity contribution in [1.29, 1.82) is 0 Å². The van der Waals surface area contributed by atoms with E-state index in [9.17, 15) is 5.11 Å². The Bertz CT molecular complexity index is 454. The number of hydrogen-bond acceptors (Lipinski definition) is 2. The number of para-hydroxylation sites is 1. The number of hydrogen-bond donors (Lipinski definition) is 1. The highest BCUT2D eigenvalue weighted by Crippen LogP contribution is 2.42. The first-order valence-electron chi connectivity index (χ1n) is 8.05. The number of rotatable bonds is 3. The van der Waals surface area contributed by atoms with Crippen molar-refractivity contribution in [2.45, 2.75) is 51.6 Å². The van der Waals surface area contributed by atoms with Crippen molar-refractivity contribution in [3.8, 4) is 5.75 Å². The predicted molar refractivity (Wildman–Crippen MR) is 81.0 cm³/mol. The molecule has 20 heavy (non-hydrogen) atoms. The smallest absolute Gasteiger partial charge is 0.122 e. The molecule has 2 heteroatoms. The Morgan fingerprint density at radius 1 is 1.25 bits per heavy atom. The molecule has 1 fully saturated rings. The largest absolute Gasteiger partial charge is 0.493 e. The summed E-state index contributed by atoms with van der Waals surface area (Å²) in [5.74, 6) is 3.47. The lowest BCUT2D eigenvalue weighted by Crippen LogP contribution is -2.32. The number of ether oxygens (including phenoxy) is 1. The molecule has 4 atom stereocenters. The summed E-state index contributed by atoms with van der Waals surface area (Å²) in [7, 11) is 0. The van der Waals surface area contributed by atoms with Crippen LogP contribution in [0.1, 0.15) is 51.0 Å². The zero-order valence-electron chi connectivity index (χ0n) is 12.6. The maximum atomic E-state index is 10.3. The third kappa shape index (κ3) is 2.71. The number of aliphatic hydroxyl groups excluding tert-OH is 1. The lowest BCUT2D eigenvalue weighted by atomic mass is 9.71. The second kappa shape index (κ2) is 5.77. The Kier molecular flexibility index (Phi) is 4.02. The molecule has 0 aromatic heterocycles. The first-order valence-corrected chi connectivity index (χ1v) is 8.05. The average molecular weight is 274 g/mol. The Morgan fingerprint density at radius 3 is 2.85 bits per heavy atom. The molecule has 0 amide bonds. The fourth-order valence-corrected chi connectivity index (χ4v) is 3.93. The van der Waals surface area contributed by atoms with Gasteiger partial charge in [-0.05, 0) is 49.5 Å². The van der Waals surface area contributed by atoms with Crippen LogP contribution in [0, 0.1) is 17.8 Å². The van der Waals surface area contributed by atoms with E-state index in [1.54, 1.807) is 0 Å². The molecule has 0 saturated heterocycles. The summed E-state index contributed by atoms with van der Waals surface area (Å²) in [4.78, 5) is 0. The van der Waals surface area contributed by atoms with Crippen molar-refractivity contribution in [2.75, 3.05) is 6.61 Å². The molecule has 4 unspecified atom stereocenters. The van der Waals surface area contributed by atoms with Gasteiger partial charge in [0.15, 0.2) is 0 Å². The summed E-state index contributed by atoms with van der Waals surface area (Å²) in [6.45, 7) is 5.41. The van der Waals surface area contributed by atoms with E-state index in [0.29, 0.717) is 11.8 Å². The molecular weight excluding hydrogens is 248 g/mol. The second-order valence-electron chi connectivity index (χ2n) is 6.93. The molecule has 0 spiro atoms. The lowest BCUT2D eigenvalue weighted by Gasteiger charge is -2.36.